The lowest BCUT2D eigenvalue weighted by Crippen LogP contribution is -2.48. The van der Waals surface area contributed by atoms with E-state index in [1.54, 1.807) is 4.90 Å². The van der Waals surface area contributed by atoms with Crippen molar-refractivity contribution in [3.63, 3.8) is 0 Å². The average Bonchev–Trinajstić information content (AvgIpc) is 2.50. The van der Waals surface area contributed by atoms with Crippen molar-refractivity contribution in [2.45, 2.75) is 64.0 Å². The molecule has 0 spiro atoms. The van der Waals surface area contributed by atoms with Crippen molar-refractivity contribution >= 4 is 5.91 Å². The number of carbonyl (C=O) groups is 1. The van der Waals surface area contributed by atoms with Gasteiger partial charge in [0.2, 0.25) is 5.91 Å². The van der Waals surface area contributed by atoms with Gasteiger partial charge in [-0.1, -0.05) is 13.3 Å². The van der Waals surface area contributed by atoms with E-state index in [1.165, 1.54) is 44.9 Å². The number of piperidine rings is 1. The van der Waals surface area contributed by atoms with Crippen molar-refractivity contribution < 1.29 is 4.79 Å². The van der Waals surface area contributed by atoms with E-state index in [9.17, 15) is 4.79 Å². The Kier molecular flexibility index (Phi) is 6.49. The van der Waals surface area contributed by atoms with Crippen LogP contribution in [0.4, 0.5) is 0 Å². The molecule has 4 heteroatoms. The van der Waals surface area contributed by atoms with E-state index >= 15 is 0 Å². The average molecular weight is 295 g/mol. The number of likely N-dealkylation sites (tertiary alicyclic amines) is 1. The standard InChI is InChI=1S/C17H33N3O/c1-4-14-5-7-15(8-6-14)18-16-9-11-20(12-10-16)13-17(21)19(2)3/h14-16,18H,4-13H2,1-3H3. The Morgan fingerprint density at radius 3 is 2.14 bits per heavy atom. The summed E-state index contributed by atoms with van der Waals surface area (Å²) in [7, 11) is 3.67. The van der Waals surface area contributed by atoms with Gasteiger partial charge in [0.25, 0.3) is 0 Å². The minimum absolute atomic E-state index is 0.222. The summed E-state index contributed by atoms with van der Waals surface area (Å²) in [5.41, 5.74) is 0. The molecule has 122 valence electrons. The third-order valence-corrected chi connectivity index (χ3v) is 5.34. The van der Waals surface area contributed by atoms with E-state index in [1.807, 2.05) is 14.1 Å². The summed E-state index contributed by atoms with van der Waals surface area (Å²) in [5, 5.41) is 3.88. The summed E-state index contributed by atoms with van der Waals surface area (Å²) in [6.07, 6.45) is 9.26. The summed E-state index contributed by atoms with van der Waals surface area (Å²) < 4.78 is 0. The van der Waals surface area contributed by atoms with Crippen LogP contribution in [0.2, 0.25) is 0 Å². The number of amides is 1. The molecular formula is C17H33N3O. The Bertz CT molecular complexity index is 316. The summed E-state index contributed by atoms with van der Waals surface area (Å²) in [6, 6.07) is 1.41. The minimum Gasteiger partial charge on any atom is -0.348 e. The van der Waals surface area contributed by atoms with E-state index in [0.29, 0.717) is 12.6 Å². The second kappa shape index (κ2) is 8.14. The van der Waals surface area contributed by atoms with Crippen molar-refractivity contribution in [1.29, 1.82) is 0 Å². The number of nitrogens with zero attached hydrogens (tertiary/aromatic N) is 2. The number of carbonyl (C=O) groups excluding carboxylic acids is 1. The largest absolute Gasteiger partial charge is 0.348 e. The zero-order valence-electron chi connectivity index (χ0n) is 14.1. The molecule has 1 saturated heterocycles. The third kappa shape index (κ3) is 5.26. The summed E-state index contributed by atoms with van der Waals surface area (Å²) in [6.45, 7) is 5.02. The van der Waals surface area contributed by atoms with Crippen LogP contribution in [0.25, 0.3) is 0 Å². The second-order valence-corrected chi connectivity index (χ2v) is 7.13. The Balaban J connectivity index is 1.64. The van der Waals surface area contributed by atoms with Crippen molar-refractivity contribution in [2.24, 2.45) is 5.92 Å². The molecule has 2 fully saturated rings. The number of hydrogen-bond acceptors (Lipinski definition) is 3. The number of nitrogens with one attached hydrogen (secondary N) is 1. The summed E-state index contributed by atoms with van der Waals surface area (Å²) in [5.74, 6) is 1.20. The summed E-state index contributed by atoms with van der Waals surface area (Å²) in [4.78, 5) is 15.7. The molecule has 0 radical (unpaired) electrons. The molecule has 4 nitrogen and oxygen atoms in total. The topological polar surface area (TPSA) is 35.6 Å². The highest BCUT2D eigenvalue weighted by molar-refractivity contribution is 5.77. The van der Waals surface area contributed by atoms with Gasteiger partial charge in [0.05, 0.1) is 6.54 Å². The van der Waals surface area contributed by atoms with Gasteiger partial charge in [-0.05, 0) is 44.4 Å². The minimum atomic E-state index is 0.222. The highest BCUT2D eigenvalue weighted by Gasteiger charge is 2.25. The Morgan fingerprint density at radius 1 is 1.05 bits per heavy atom. The van der Waals surface area contributed by atoms with Crippen LogP contribution >= 0.6 is 0 Å². The molecule has 2 rings (SSSR count). The first-order chi connectivity index (χ1) is 10.1. The quantitative estimate of drug-likeness (QED) is 0.844. The molecule has 0 bridgehead atoms. The zero-order valence-corrected chi connectivity index (χ0v) is 14.1. The van der Waals surface area contributed by atoms with E-state index in [0.717, 1.165) is 25.0 Å². The molecule has 1 saturated carbocycles. The maximum Gasteiger partial charge on any atom is 0.236 e. The van der Waals surface area contributed by atoms with Crippen LogP contribution in [0.15, 0.2) is 0 Å². The van der Waals surface area contributed by atoms with E-state index in [-0.39, 0.29) is 5.91 Å². The lowest BCUT2D eigenvalue weighted by molar-refractivity contribution is -0.130. The molecule has 1 amide bonds. The monoisotopic (exact) mass is 295 g/mol. The molecule has 21 heavy (non-hydrogen) atoms. The van der Waals surface area contributed by atoms with E-state index in [2.05, 4.69) is 17.1 Å². The number of rotatable bonds is 5. The molecular weight excluding hydrogens is 262 g/mol. The van der Waals surface area contributed by atoms with Gasteiger partial charge in [0.15, 0.2) is 0 Å². The van der Waals surface area contributed by atoms with Crippen molar-refractivity contribution in [3.05, 3.63) is 0 Å². The van der Waals surface area contributed by atoms with Gasteiger partial charge in [-0.25, -0.2) is 0 Å². The first-order valence-corrected chi connectivity index (χ1v) is 8.77. The van der Waals surface area contributed by atoms with Gasteiger partial charge in [-0.3, -0.25) is 9.69 Å². The molecule has 1 heterocycles. The first-order valence-electron chi connectivity index (χ1n) is 8.77. The first kappa shape index (κ1) is 16.8. The Hall–Kier alpha value is -0.610. The molecule has 0 aromatic carbocycles. The highest BCUT2D eigenvalue weighted by Crippen LogP contribution is 2.27. The maximum atomic E-state index is 11.7. The van der Waals surface area contributed by atoms with E-state index in [4.69, 9.17) is 0 Å². The fourth-order valence-corrected chi connectivity index (χ4v) is 3.66. The Labute approximate surface area is 130 Å². The lowest BCUT2D eigenvalue weighted by atomic mass is 9.84. The maximum absolute atomic E-state index is 11.7. The van der Waals surface area contributed by atoms with Crippen LogP contribution in [0.3, 0.4) is 0 Å². The lowest BCUT2D eigenvalue weighted by Gasteiger charge is -2.36. The molecule has 0 unspecified atom stereocenters. The van der Waals surface area contributed by atoms with Crippen LogP contribution in [-0.2, 0) is 4.79 Å². The fourth-order valence-electron chi connectivity index (χ4n) is 3.66. The van der Waals surface area contributed by atoms with Gasteiger partial charge in [0.1, 0.15) is 0 Å². The molecule has 1 N–H and O–H groups in total. The molecule has 2 aliphatic rings. The third-order valence-electron chi connectivity index (χ3n) is 5.34. The molecule has 0 aromatic heterocycles. The number of likely N-dealkylation sites (N-methyl/N-ethyl adjacent to an activating group) is 1. The van der Waals surface area contributed by atoms with Gasteiger partial charge in [0, 0.05) is 39.3 Å². The van der Waals surface area contributed by atoms with Crippen LogP contribution in [0.5, 0.6) is 0 Å². The smallest absolute Gasteiger partial charge is 0.236 e. The van der Waals surface area contributed by atoms with E-state index < -0.39 is 0 Å². The molecule has 0 atom stereocenters. The van der Waals surface area contributed by atoms with Crippen LogP contribution < -0.4 is 5.32 Å². The van der Waals surface area contributed by atoms with Gasteiger partial charge < -0.3 is 10.2 Å². The fraction of sp³-hybridized carbons (Fsp3) is 0.941. The highest BCUT2D eigenvalue weighted by atomic mass is 16.2. The van der Waals surface area contributed by atoms with Crippen LogP contribution in [0, 0.1) is 5.92 Å². The predicted molar refractivity (Wildman–Crippen MR) is 87.3 cm³/mol. The van der Waals surface area contributed by atoms with Gasteiger partial charge in [-0.15, -0.1) is 0 Å². The van der Waals surface area contributed by atoms with Crippen molar-refractivity contribution in [3.8, 4) is 0 Å². The molecule has 0 aromatic rings. The van der Waals surface area contributed by atoms with Crippen LogP contribution in [-0.4, -0.2) is 61.5 Å². The zero-order chi connectivity index (χ0) is 15.2. The van der Waals surface area contributed by atoms with Crippen molar-refractivity contribution in [1.82, 2.24) is 15.1 Å². The van der Waals surface area contributed by atoms with Gasteiger partial charge in [-0.2, -0.15) is 0 Å². The predicted octanol–water partition coefficient (Wildman–Crippen LogP) is 2.10. The Morgan fingerprint density at radius 2 is 1.62 bits per heavy atom. The SMILES string of the molecule is CCC1CCC(NC2CCN(CC(=O)N(C)C)CC2)CC1. The van der Waals surface area contributed by atoms with Crippen LogP contribution in [0.1, 0.15) is 51.9 Å². The molecule has 1 aliphatic carbocycles. The number of hydrogen-bond donors (Lipinski definition) is 1. The normalized spacial score (nSPS) is 28.5. The van der Waals surface area contributed by atoms with Gasteiger partial charge >= 0.3 is 0 Å². The summed E-state index contributed by atoms with van der Waals surface area (Å²) >= 11 is 0. The van der Waals surface area contributed by atoms with Crippen molar-refractivity contribution in [2.75, 3.05) is 33.7 Å². The second-order valence-electron chi connectivity index (χ2n) is 7.13. The molecule has 1 aliphatic heterocycles.